The van der Waals surface area contributed by atoms with Crippen molar-refractivity contribution in [2.45, 2.75) is 43.7 Å². The number of nitrogens with two attached hydrogens (primary N) is 1. The lowest BCUT2D eigenvalue weighted by atomic mass is 9.93. The van der Waals surface area contributed by atoms with E-state index in [0.717, 1.165) is 19.3 Å². The Bertz CT molecular complexity index is 303. The summed E-state index contributed by atoms with van der Waals surface area (Å²) in [4.78, 5) is 13.9. The molecule has 2 rings (SSSR count). The summed E-state index contributed by atoms with van der Waals surface area (Å²) in [6, 6.07) is -0.00992. The molecular formula is C13H24N2O3. The van der Waals surface area contributed by atoms with Crippen molar-refractivity contribution < 1.29 is 14.6 Å². The van der Waals surface area contributed by atoms with Crippen molar-refractivity contribution in [2.75, 3.05) is 26.8 Å². The molecule has 1 saturated heterocycles. The Morgan fingerprint density at radius 1 is 1.44 bits per heavy atom. The molecule has 5 nitrogen and oxygen atoms in total. The van der Waals surface area contributed by atoms with Gasteiger partial charge in [-0.1, -0.05) is 6.42 Å². The molecule has 2 fully saturated rings. The molecule has 2 unspecified atom stereocenters. The molecule has 1 saturated carbocycles. The van der Waals surface area contributed by atoms with E-state index in [1.807, 2.05) is 0 Å². The van der Waals surface area contributed by atoms with E-state index in [9.17, 15) is 9.90 Å². The smallest absolute Gasteiger partial charge is 0.227 e. The second-order valence-corrected chi connectivity index (χ2v) is 5.73. The zero-order valence-corrected chi connectivity index (χ0v) is 11.1. The number of nitrogens with zero attached hydrogens (tertiary/aromatic N) is 1. The Morgan fingerprint density at radius 2 is 2.11 bits per heavy atom. The molecule has 2 aliphatic rings. The molecule has 0 bridgehead atoms. The molecule has 0 aromatic carbocycles. The highest BCUT2D eigenvalue weighted by atomic mass is 16.5. The summed E-state index contributed by atoms with van der Waals surface area (Å²) in [5.41, 5.74) is 5.17. The lowest BCUT2D eigenvalue weighted by molar-refractivity contribution is -0.141. The van der Waals surface area contributed by atoms with Crippen LogP contribution in [0.4, 0.5) is 0 Å². The highest BCUT2D eigenvalue weighted by Crippen LogP contribution is 2.27. The Labute approximate surface area is 108 Å². The van der Waals surface area contributed by atoms with Gasteiger partial charge < -0.3 is 20.5 Å². The second-order valence-electron chi connectivity index (χ2n) is 5.73. The molecule has 0 aromatic heterocycles. The number of amides is 1. The van der Waals surface area contributed by atoms with E-state index < -0.39 is 5.60 Å². The zero-order valence-electron chi connectivity index (χ0n) is 11.1. The van der Waals surface area contributed by atoms with Gasteiger partial charge in [-0.3, -0.25) is 4.79 Å². The SMILES string of the molecule is CN(CC1(O)CCOCC1)C(=O)C1CCCC1N. The van der Waals surface area contributed by atoms with Crippen molar-refractivity contribution in [2.24, 2.45) is 11.7 Å². The number of hydrogen-bond acceptors (Lipinski definition) is 4. The molecule has 104 valence electrons. The Morgan fingerprint density at radius 3 is 2.67 bits per heavy atom. The number of carbonyl (C=O) groups excluding carboxylic acids is 1. The maximum atomic E-state index is 12.3. The molecule has 1 heterocycles. The third kappa shape index (κ3) is 3.02. The van der Waals surface area contributed by atoms with Crippen LogP contribution in [0.1, 0.15) is 32.1 Å². The third-order valence-electron chi connectivity index (χ3n) is 4.22. The minimum absolute atomic E-state index is 0.00992. The van der Waals surface area contributed by atoms with Crippen molar-refractivity contribution in [1.29, 1.82) is 0 Å². The molecule has 3 N–H and O–H groups in total. The number of hydrogen-bond donors (Lipinski definition) is 2. The summed E-state index contributed by atoms with van der Waals surface area (Å²) < 4.78 is 5.24. The summed E-state index contributed by atoms with van der Waals surface area (Å²) in [5, 5.41) is 10.4. The van der Waals surface area contributed by atoms with E-state index >= 15 is 0 Å². The Kier molecular flexibility index (Phi) is 4.25. The predicted molar refractivity (Wildman–Crippen MR) is 68.0 cm³/mol. The first-order valence-corrected chi connectivity index (χ1v) is 6.82. The van der Waals surface area contributed by atoms with Gasteiger partial charge in [0.2, 0.25) is 5.91 Å². The highest BCUT2D eigenvalue weighted by Gasteiger charge is 2.36. The molecule has 2 atom stereocenters. The normalized spacial score (nSPS) is 31.3. The van der Waals surface area contributed by atoms with Crippen molar-refractivity contribution in [3.05, 3.63) is 0 Å². The average Bonchev–Trinajstić information content (AvgIpc) is 2.74. The Hall–Kier alpha value is -0.650. The summed E-state index contributed by atoms with van der Waals surface area (Å²) in [7, 11) is 1.76. The summed E-state index contributed by atoms with van der Waals surface area (Å²) >= 11 is 0. The van der Waals surface area contributed by atoms with Gasteiger partial charge in [0, 0.05) is 45.7 Å². The maximum Gasteiger partial charge on any atom is 0.227 e. The molecule has 1 amide bonds. The molecule has 1 aliphatic heterocycles. The van der Waals surface area contributed by atoms with E-state index in [1.165, 1.54) is 0 Å². The molecule has 0 aromatic rings. The van der Waals surface area contributed by atoms with Crippen LogP contribution in [0.15, 0.2) is 0 Å². The first-order chi connectivity index (χ1) is 8.52. The van der Waals surface area contributed by atoms with Crippen LogP contribution in [0.2, 0.25) is 0 Å². The number of rotatable bonds is 3. The second kappa shape index (κ2) is 5.55. The fourth-order valence-electron chi connectivity index (χ4n) is 3.01. The van der Waals surface area contributed by atoms with Crippen LogP contribution in [0.25, 0.3) is 0 Å². The van der Waals surface area contributed by atoms with Crippen LogP contribution in [-0.2, 0) is 9.53 Å². The summed E-state index contributed by atoms with van der Waals surface area (Å²) in [6.07, 6.45) is 4.04. The van der Waals surface area contributed by atoms with Gasteiger partial charge in [0.15, 0.2) is 0 Å². The molecule has 18 heavy (non-hydrogen) atoms. The van der Waals surface area contributed by atoms with Crippen LogP contribution in [0.5, 0.6) is 0 Å². The van der Waals surface area contributed by atoms with Gasteiger partial charge in [-0.05, 0) is 12.8 Å². The van der Waals surface area contributed by atoms with E-state index in [4.69, 9.17) is 10.5 Å². The number of likely N-dealkylation sites (N-methyl/N-ethyl adjacent to an activating group) is 1. The summed E-state index contributed by atoms with van der Waals surface area (Å²) in [6.45, 7) is 1.53. The van der Waals surface area contributed by atoms with E-state index in [1.54, 1.807) is 11.9 Å². The van der Waals surface area contributed by atoms with Gasteiger partial charge in [0.25, 0.3) is 0 Å². The predicted octanol–water partition coefficient (Wildman–Crippen LogP) is 0.114. The van der Waals surface area contributed by atoms with Gasteiger partial charge in [0.05, 0.1) is 11.5 Å². The van der Waals surface area contributed by atoms with Crippen LogP contribution in [-0.4, -0.2) is 54.4 Å². The van der Waals surface area contributed by atoms with Gasteiger partial charge in [-0.25, -0.2) is 0 Å². The van der Waals surface area contributed by atoms with Crippen molar-refractivity contribution in [3.63, 3.8) is 0 Å². The Balaban J connectivity index is 1.90. The number of ether oxygens (including phenoxy) is 1. The zero-order chi connectivity index (χ0) is 13.2. The van der Waals surface area contributed by atoms with E-state index in [0.29, 0.717) is 32.6 Å². The molecular weight excluding hydrogens is 232 g/mol. The van der Waals surface area contributed by atoms with Gasteiger partial charge in [0.1, 0.15) is 0 Å². The maximum absolute atomic E-state index is 12.3. The van der Waals surface area contributed by atoms with Gasteiger partial charge in [-0.15, -0.1) is 0 Å². The van der Waals surface area contributed by atoms with E-state index in [2.05, 4.69) is 0 Å². The summed E-state index contributed by atoms with van der Waals surface area (Å²) in [5.74, 6) is 0.0263. The monoisotopic (exact) mass is 256 g/mol. The molecule has 0 radical (unpaired) electrons. The van der Waals surface area contributed by atoms with Crippen molar-refractivity contribution >= 4 is 5.91 Å². The molecule has 5 heteroatoms. The fraction of sp³-hybridized carbons (Fsp3) is 0.923. The minimum Gasteiger partial charge on any atom is -0.388 e. The topological polar surface area (TPSA) is 75.8 Å². The standard InChI is InChI=1S/C13H24N2O3/c1-15(9-13(17)5-7-18-8-6-13)12(16)10-3-2-4-11(10)14/h10-11,17H,2-9,14H2,1H3. The first kappa shape index (κ1) is 13.8. The van der Waals surface area contributed by atoms with Crippen LogP contribution in [0.3, 0.4) is 0 Å². The highest BCUT2D eigenvalue weighted by molar-refractivity contribution is 5.79. The minimum atomic E-state index is -0.786. The van der Waals surface area contributed by atoms with Crippen molar-refractivity contribution in [1.82, 2.24) is 4.90 Å². The van der Waals surface area contributed by atoms with Crippen molar-refractivity contribution in [3.8, 4) is 0 Å². The average molecular weight is 256 g/mol. The van der Waals surface area contributed by atoms with Gasteiger partial charge >= 0.3 is 0 Å². The largest absolute Gasteiger partial charge is 0.388 e. The lowest BCUT2D eigenvalue weighted by Crippen LogP contribution is -2.50. The number of carbonyl (C=O) groups is 1. The third-order valence-corrected chi connectivity index (χ3v) is 4.22. The lowest BCUT2D eigenvalue weighted by Gasteiger charge is -2.36. The van der Waals surface area contributed by atoms with E-state index in [-0.39, 0.29) is 17.9 Å². The quantitative estimate of drug-likeness (QED) is 0.751. The van der Waals surface area contributed by atoms with Gasteiger partial charge in [-0.2, -0.15) is 0 Å². The van der Waals surface area contributed by atoms with Crippen LogP contribution in [0, 0.1) is 5.92 Å². The van der Waals surface area contributed by atoms with Crippen LogP contribution < -0.4 is 5.73 Å². The molecule has 0 spiro atoms. The fourth-order valence-corrected chi connectivity index (χ4v) is 3.01. The van der Waals surface area contributed by atoms with Crippen LogP contribution >= 0.6 is 0 Å². The molecule has 1 aliphatic carbocycles. The number of aliphatic hydroxyl groups is 1. The first-order valence-electron chi connectivity index (χ1n) is 6.82.